The van der Waals surface area contributed by atoms with Crippen LogP contribution in [0.2, 0.25) is 0 Å². The highest BCUT2D eigenvalue weighted by atomic mass is 16.5. The molecule has 0 amide bonds. The number of ether oxygens (including phenoxy) is 1. The first kappa shape index (κ1) is 31.6. The molecule has 0 unspecified atom stereocenters. The SMILES string of the molecule is C[C@H]1[C@H](C)CC[C@]2(C(=O)O)CC[C@]3(C)C(=CC[C@@H]4[C@@]5(C)CC[C@H](OC(=O)CC(C)(C)C(=O)O)C(C)(C)[C@@H]5CC[C@]43C)[C@H]12. The van der Waals surface area contributed by atoms with E-state index < -0.39 is 28.7 Å². The summed E-state index contributed by atoms with van der Waals surface area (Å²) in [4.78, 5) is 37.5. The number of carboxylic acids is 2. The molecule has 0 aromatic rings. The molecule has 4 saturated carbocycles. The largest absolute Gasteiger partial charge is 0.481 e. The summed E-state index contributed by atoms with van der Waals surface area (Å²) < 4.78 is 6.10. The number of rotatable bonds is 5. The molecular formula is C36H56O6. The van der Waals surface area contributed by atoms with E-state index >= 15 is 0 Å². The Labute approximate surface area is 253 Å². The number of carbonyl (C=O) groups excluding carboxylic acids is 1. The molecule has 6 heteroatoms. The van der Waals surface area contributed by atoms with Crippen molar-refractivity contribution in [1.82, 2.24) is 0 Å². The van der Waals surface area contributed by atoms with Crippen molar-refractivity contribution in [3.63, 3.8) is 0 Å². The Balaban J connectivity index is 1.46. The molecule has 0 radical (unpaired) electrons. The Morgan fingerprint density at radius 2 is 1.57 bits per heavy atom. The molecule has 5 rings (SSSR count). The third kappa shape index (κ3) is 4.19. The predicted octanol–water partition coefficient (Wildman–Crippen LogP) is 8.14. The second kappa shape index (κ2) is 9.83. The smallest absolute Gasteiger partial charge is 0.310 e. The van der Waals surface area contributed by atoms with Crippen molar-refractivity contribution in [2.24, 2.45) is 62.1 Å². The molecule has 5 aliphatic rings. The molecule has 0 spiro atoms. The van der Waals surface area contributed by atoms with Crippen LogP contribution in [-0.4, -0.2) is 34.2 Å². The first-order valence-electron chi connectivity index (χ1n) is 16.6. The van der Waals surface area contributed by atoms with Crippen LogP contribution in [-0.2, 0) is 19.1 Å². The van der Waals surface area contributed by atoms with Crippen molar-refractivity contribution >= 4 is 17.9 Å². The maximum atomic E-state index is 12.9. The molecule has 0 aromatic carbocycles. The first-order chi connectivity index (χ1) is 19.3. The maximum Gasteiger partial charge on any atom is 0.310 e. The van der Waals surface area contributed by atoms with Gasteiger partial charge in [0.1, 0.15) is 6.10 Å². The standard InChI is InChI=1S/C36H56O6/c1-21-12-17-36(30(40)41)19-18-34(8)23(28(36)22(21)2)10-11-25-33(7)15-14-26(42-27(37)20-31(3,4)29(38)39)32(5,6)24(33)13-16-35(25,34)9/h10,21-22,24-26,28H,11-20H2,1-9H3,(H,38,39)(H,40,41)/t21-,22+,24+,25-,26+,28+,33+,34-,35-,36+/m1/s1. The van der Waals surface area contributed by atoms with Crippen LogP contribution in [0.3, 0.4) is 0 Å². The summed E-state index contributed by atoms with van der Waals surface area (Å²) in [6.07, 6.45) is 10.6. The quantitative estimate of drug-likeness (QED) is 0.250. The average Bonchev–Trinajstić information content (AvgIpc) is 2.87. The molecule has 10 atom stereocenters. The van der Waals surface area contributed by atoms with Crippen LogP contribution in [0.5, 0.6) is 0 Å². The van der Waals surface area contributed by atoms with E-state index in [-0.39, 0.29) is 40.1 Å². The number of hydrogen-bond donors (Lipinski definition) is 2. The monoisotopic (exact) mass is 584 g/mol. The fourth-order valence-corrected chi connectivity index (χ4v) is 11.7. The van der Waals surface area contributed by atoms with Gasteiger partial charge in [0, 0.05) is 5.41 Å². The van der Waals surface area contributed by atoms with Crippen LogP contribution < -0.4 is 0 Å². The molecule has 0 bridgehead atoms. The average molecular weight is 585 g/mol. The van der Waals surface area contributed by atoms with Gasteiger partial charge in [-0.3, -0.25) is 14.4 Å². The lowest BCUT2D eigenvalue weighted by molar-refractivity contribution is -0.215. The fraction of sp³-hybridized carbons (Fsp3) is 0.861. The summed E-state index contributed by atoms with van der Waals surface area (Å²) >= 11 is 0. The third-order valence-corrected chi connectivity index (χ3v) is 14.8. The topological polar surface area (TPSA) is 101 Å². The molecule has 0 aromatic heterocycles. The highest BCUT2D eigenvalue weighted by Crippen LogP contribution is 2.75. The number of carbonyl (C=O) groups is 3. The van der Waals surface area contributed by atoms with Crippen molar-refractivity contribution in [3.8, 4) is 0 Å². The molecular weight excluding hydrogens is 528 g/mol. The number of fused-ring (bicyclic) bond motifs is 7. The molecule has 5 aliphatic carbocycles. The zero-order valence-corrected chi connectivity index (χ0v) is 27.6. The third-order valence-electron chi connectivity index (χ3n) is 14.8. The summed E-state index contributed by atoms with van der Waals surface area (Å²) in [6.45, 7) is 19.8. The number of carboxylic acid groups (broad SMARTS) is 2. The van der Waals surface area contributed by atoms with E-state index in [0.717, 1.165) is 57.8 Å². The van der Waals surface area contributed by atoms with E-state index in [0.29, 0.717) is 23.7 Å². The summed E-state index contributed by atoms with van der Waals surface area (Å²) in [5.41, 5.74) is -0.393. The number of esters is 1. The summed E-state index contributed by atoms with van der Waals surface area (Å²) in [5.74, 6) is -0.111. The van der Waals surface area contributed by atoms with Gasteiger partial charge in [-0.1, -0.05) is 60.1 Å². The summed E-state index contributed by atoms with van der Waals surface area (Å²) in [5, 5.41) is 20.2. The maximum absolute atomic E-state index is 12.9. The van der Waals surface area contributed by atoms with E-state index in [1.807, 2.05) is 0 Å². The molecule has 2 N–H and O–H groups in total. The van der Waals surface area contributed by atoms with Crippen molar-refractivity contribution in [2.45, 2.75) is 133 Å². The van der Waals surface area contributed by atoms with E-state index in [1.54, 1.807) is 13.8 Å². The zero-order chi connectivity index (χ0) is 31.3. The highest BCUT2D eigenvalue weighted by molar-refractivity contribution is 5.81. The van der Waals surface area contributed by atoms with Gasteiger partial charge < -0.3 is 14.9 Å². The van der Waals surface area contributed by atoms with Gasteiger partial charge in [-0.2, -0.15) is 0 Å². The number of hydrogen-bond acceptors (Lipinski definition) is 4. The Kier molecular flexibility index (Phi) is 7.39. The van der Waals surface area contributed by atoms with E-state index in [4.69, 9.17) is 4.74 Å². The van der Waals surface area contributed by atoms with Crippen LogP contribution in [0.25, 0.3) is 0 Å². The summed E-state index contributed by atoms with van der Waals surface area (Å²) in [6, 6.07) is 0. The lowest BCUT2D eigenvalue weighted by Gasteiger charge is -2.71. The fourth-order valence-electron chi connectivity index (χ4n) is 11.7. The van der Waals surface area contributed by atoms with Crippen molar-refractivity contribution < 1.29 is 29.3 Å². The van der Waals surface area contributed by atoms with Gasteiger partial charge >= 0.3 is 17.9 Å². The molecule has 6 nitrogen and oxygen atoms in total. The van der Waals surface area contributed by atoms with Gasteiger partial charge in [0.15, 0.2) is 0 Å². The zero-order valence-electron chi connectivity index (χ0n) is 27.6. The van der Waals surface area contributed by atoms with Crippen molar-refractivity contribution in [2.75, 3.05) is 0 Å². The second-order valence-electron chi connectivity index (χ2n) is 17.3. The van der Waals surface area contributed by atoms with Gasteiger partial charge in [0.2, 0.25) is 0 Å². The van der Waals surface area contributed by atoms with Gasteiger partial charge in [0.25, 0.3) is 0 Å². The second-order valence-corrected chi connectivity index (χ2v) is 17.3. The van der Waals surface area contributed by atoms with E-state index in [9.17, 15) is 24.6 Å². The molecule has 0 aliphatic heterocycles. The lowest BCUT2D eigenvalue weighted by Crippen LogP contribution is -2.65. The van der Waals surface area contributed by atoms with E-state index in [1.165, 1.54) is 5.57 Å². The van der Waals surface area contributed by atoms with Gasteiger partial charge in [-0.25, -0.2) is 0 Å². The van der Waals surface area contributed by atoms with Crippen molar-refractivity contribution in [3.05, 3.63) is 11.6 Å². The van der Waals surface area contributed by atoms with Crippen LogP contribution in [0, 0.1) is 62.1 Å². The minimum Gasteiger partial charge on any atom is -0.481 e. The number of aliphatic carboxylic acids is 2. The van der Waals surface area contributed by atoms with Crippen LogP contribution >= 0.6 is 0 Å². The van der Waals surface area contributed by atoms with Crippen LogP contribution in [0.1, 0.15) is 127 Å². The van der Waals surface area contributed by atoms with Crippen LogP contribution in [0.15, 0.2) is 11.6 Å². The Morgan fingerprint density at radius 3 is 2.19 bits per heavy atom. The molecule has 0 heterocycles. The molecule has 42 heavy (non-hydrogen) atoms. The Morgan fingerprint density at radius 1 is 0.905 bits per heavy atom. The highest BCUT2D eigenvalue weighted by Gasteiger charge is 2.69. The minimum absolute atomic E-state index is 0.0191. The van der Waals surface area contributed by atoms with E-state index in [2.05, 4.69) is 54.5 Å². The van der Waals surface area contributed by atoms with Crippen LogP contribution in [0.4, 0.5) is 0 Å². The number of allylic oxidation sites excluding steroid dienone is 2. The minimum atomic E-state index is -1.15. The van der Waals surface area contributed by atoms with Crippen molar-refractivity contribution in [1.29, 1.82) is 0 Å². The summed E-state index contributed by atoms with van der Waals surface area (Å²) in [7, 11) is 0. The normalized spacial score (nSPS) is 46.2. The molecule has 4 fully saturated rings. The first-order valence-corrected chi connectivity index (χ1v) is 16.6. The van der Waals surface area contributed by atoms with Gasteiger partial charge in [-0.05, 0) is 117 Å². The van der Waals surface area contributed by atoms with Gasteiger partial charge in [0.05, 0.1) is 17.3 Å². The molecule has 236 valence electrons. The Hall–Kier alpha value is -1.85. The molecule has 0 saturated heterocycles. The lowest BCUT2D eigenvalue weighted by atomic mass is 9.33. The predicted molar refractivity (Wildman–Crippen MR) is 163 cm³/mol. The Bertz CT molecular complexity index is 1180. The van der Waals surface area contributed by atoms with Gasteiger partial charge in [-0.15, -0.1) is 0 Å².